The van der Waals surface area contributed by atoms with Crippen LogP contribution in [0.25, 0.3) is 0 Å². The van der Waals surface area contributed by atoms with Gasteiger partial charge < -0.3 is 15.2 Å². The average molecular weight is 261 g/mol. The van der Waals surface area contributed by atoms with E-state index in [0.29, 0.717) is 24.7 Å². The van der Waals surface area contributed by atoms with Crippen LogP contribution < -0.4 is 15.9 Å². The summed E-state index contributed by atoms with van der Waals surface area (Å²) in [6, 6.07) is 8.71. The molecule has 0 aliphatic rings. The van der Waals surface area contributed by atoms with Gasteiger partial charge in [-0.15, -0.1) is 0 Å². The molecule has 0 bridgehead atoms. The van der Waals surface area contributed by atoms with Gasteiger partial charge in [-0.1, -0.05) is 0 Å². The Balaban J connectivity index is 2.57. The number of amidine groups is 1. The Bertz CT molecular complexity index is 490. The minimum atomic E-state index is -0.380. The van der Waals surface area contributed by atoms with Gasteiger partial charge in [0.05, 0.1) is 12.3 Å². The van der Waals surface area contributed by atoms with Crippen molar-refractivity contribution in [2.45, 2.75) is 0 Å². The van der Waals surface area contributed by atoms with Crippen molar-refractivity contribution in [3.05, 3.63) is 24.3 Å². The Labute approximate surface area is 111 Å². The fourth-order valence-corrected chi connectivity index (χ4v) is 1.13. The molecule has 0 heterocycles. The molecule has 0 saturated heterocycles. The molecule has 0 fully saturated rings. The van der Waals surface area contributed by atoms with E-state index < -0.39 is 0 Å². The van der Waals surface area contributed by atoms with Crippen LogP contribution in [0.4, 0.5) is 5.69 Å². The predicted molar refractivity (Wildman–Crippen MR) is 72.4 cm³/mol. The van der Waals surface area contributed by atoms with E-state index in [1.807, 2.05) is 0 Å². The second-order valence-electron chi connectivity index (χ2n) is 3.46. The maximum absolute atomic E-state index is 8.67. The van der Waals surface area contributed by atoms with Crippen molar-refractivity contribution in [2.75, 3.05) is 25.7 Å². The first-order valence-corrected chi connectivity index (χ1v) is 5.47. The minimum absolute atomic E-state index is 0.166. The molecular weight excluding hydrogens is 246 g/mol. The Morgan fingerprint density at radius 2 is 2.11 bits per heavy atom. The van der Waals surface area contributed by atoms with Crippen LogP contribution >= 0.6 is 0 Å². The zero-order valence-corrected chi connectivity index (χ0v) is 10.5. The van der Waals surface area contributed by atoms with Crippen molar-refractivity contribution in [3.8, 4) is 11.8 Å². The zero-order valence-electron chi connectivity index (χ0n) is 10.5. The molecule has 100 valence electrons. The van der Waals surface area contributed by atoms with Gasteiger partial charge in [-0.25, -0.2) is 0 Å². The second-order valence-corrected chi connectivity index (χ2v) is 3.46. The summed E-state index contributed by atoms with van der Waals surface area (Å²) in [6.45, 7) is 0.999. The standard InChI is InChI=1S/C12H15N5O2/c1-18-6-7-19-10-4-2-9(3-5-10)16-17-11(8-13)12(14)15/h2-5,16H,6-7H2,1H3,(H3,14,15)/b17-11+. The molecule has 0 spiro atoms. The summed E-state index contributed by atoms with van der Waals surface area (Å²) in [7, 11) is 1.61. The largest absolute Gasteiger partial charge is 0.491 e. The smallest absolute Gasteiger partial charge is 0.201 e. The van der Waals surface area contributed by atoms with Gasteiger partial charge >= 0.3 is 0 Å². The number of methoxy groups -OCH3 is 1. The fourth-order valence-electron chi connectivity index (χ4n) is 1.13. The van der Waals surface area contributed by atoms with E-state index in [2.05, 4.69) is 10.5 Å². The summed E-state index contributed by atoms with van der Waals surface area (Å²) in [6.07, 6.45) is 0. The number of hydrogen-bond acceptors (Lipinski definition) is 6. The summed E-state index contributed by atoms with van der Waals surface area (Å²) in [5.41, 5.74) is 8.29. The lowest BCUT2D eigenvalue weighted by atomic mass is 10.3. The van der Waals surface area contributed by atoms with Crippen molar-refractivity contribution >= 4 is 17.2 Å². The number of rotatable bonds is 7. The van der Waals surface area contributed by atoms with Gasteiger partial charge in [0.2, 0.25) is 5.71 Å². The summed E-state index contributed by atoms with van der Waals surface area (Å²) in [5.74, 6) is 0.327. The molecular formula is C12H15N5O2. The number of hydrazone groups is 1. The summed E-state index contributed by atoms with van der Waals surface area (Å²) < 4.78 is 10.3. The first kappa shape index (κ1) is 14.5. The van der Waals surface area contributed by atoms with Gasteiger partial charge in [-0.05, 0) is 24.3 Å². The van der Waals surface area contributed by atoms with E-state index in [1.54, 1.807) is 37.4 Å². The lowest BCUT2D eigenvalue weighted by Gasteiger charge is -2.06. The molecule has 19 heavy (non-hydrogen) atoms. The molecule has 0 aliphatic carbocycles. The zero-order chi connectivity index (χ0) is 14.1. The van der Waals surface area contributed by atoms with Crippen molar-refractivity contribution < 1.29 is 9.47 Å². The van der Waals surface area contributed by atoms with E-state index in [1.165, 1.54) is 0 Å². The van der Waals surface area contributed by atoms with Crippen molar-refractivity contribution in [3.63, 3.8) is 0 Å². The highest BCUT2D eigenvalue weighted by Gasteiger charge is 2.00. The van der Waals surface area contributed by atoms with E-state index in [-0.39, 0.29) is 11.5 Å². The highest BCUT2D eigenvalue weighted by atomic mass is 16.5. The van der Waals surface area contributed by atoms with Crippen LogP contribution in [0.1, 0.15) is 0 Å². The van der Waals surface area contributed by atoms with Crippen LogP contribution in [-0.4, -0.2) is 31.9 Å². The topological polar surface area (TPSA) is 117 Å². The number of nitriles is 1. The maximum atomic E-state index is 8.67. The van der Waals surface area contributed by atoms with Crippen LogP contribution in [0.2, 0.25) is 0 Å². The van der Waals surface area contributed by atoms with Crippen molar-refractivity contribution in [1.29, 1.82) is 10.7 Å². The second kappa shape index (κ2) is 7.68. The number of nitrogens with zero attached hydrogens (tertiary/aromatic N) is 2. The third-order valence-corrected chi connectivity index (χ3v) is 2.07. The predicted octanol–water partition coefficient (Wildman–Crippen LogP) is 0.939. The Morgan fingerprint density at radius 1 is 1.42 bits per heavy atom. The van der Waals surface area contributed by atoms with Crippen LogP contribution in [0.15, 0.2) is 29.4 Å². The Kier molecular flexibility index (Phi) is 5.85. The first-order chi connectivity index (χ1) is 9.17. The van der Waals surface area contributed by atoms with Gasteiger partial charge in [0.15, 0.2) is 5.84 Å². The summed E-state index contributed by atoms with van der Waals surface area (Å²) >= 11 is 0. The van der Waals surface area contributed by atoms with Crippen molar-refractivity contribution in [2.24, 2.45) is 10.8 Å². The molecule has 1 aromatic carbocycles. The SMILES string of the molecule is COCCOc1ccc(N/N=C(\C#N)C(=N)N)cc1. The van der Waals surface area contributed by atoms with Crippen LogP contribution in [0.3, 0.4) is 0 Å². The molecule has 7 nitrogen and oxygen atoms in total. The van der Waals surface area contributed by atoms with Gasteiger partial charge in [0.1, 0.15) is 18.4 Å². The van der Waals surface area contributed by atoms with E-state index in [0.717, 1.165) is 0 Å². The summed E-state index contributed by atoms with van der Waals surface area (Å²) in [5, 5.41) is 19.5. The molecule has 0 aliphatic heterocycles. The van der Waals surface area contributed by atoms with Gasteiger partial charge in [-0.2, -0.15) is 10.4 Å². The van der Waals surface area contributed by atoms with Gasteiger partial charge in [-0.3, -0.25) is 10.8 Å². The number of hydrogen-bond donors (Lipinski definition) is 3. The lowest BCUT2D eigenvalue weighted by Crippen LogP contribution is -2.21. The van der Waals surface area contributed by atoms with Crippen molar-refractivity contribution in [1.82, 2.24) is 0 Å². The highest BCUT2D eigenvalue weighted by molar-refractivity contribution is 6.45. The molecule has 0 saturated carbocycles. The minimum Gasteiger partial charge on any atom is -0.491 e. The van der Waals surface area contributed by atoms with Gasteiger partial charge in [0.25, 0.3) is 0 Å². The molecule has 0 atom stereocenters. The number of nitrogens with two attached hydrogens (primary N) is 1. The van der Waals surface area contributed by atoms with Gasteiger partial charge in [0, 0.05) is 7.11 Å². The number of nitrogens with one attached hydrogen (secondary N) is 2. The number of benzene rings is 1. The Hall–Kier alpha value is -2.59. The third kappa shape index (κ3) is 5.06. The highest BCUT2D eigenvalue weighted by Crippen LogP contribution is 2.15. The number of anilines is 1. The fraction of sp³-hybridized carbons (Fsp3) is 0.250. The summed E-state index contributed by atoms with van der Waals surface area (Å²) in [4.78, 5) is 0. The molecule has 1 rings (SSSR count). The Morgan fingerprint density at radius 3 is 2.63 bits per heavy atom. The van der Waals surface area contributed by atoms with E-state index >= 15 is 0 Å². The quantitative estimate of drug-likeness (QED) is 0.292. The van der Waals surface area contributed by atoms with Crippen LogP contribution in [0, 0.1) is 16.7 Å². The number of ether oxygens (including phenoxy) is 2. The van der Waals surface area contributed by atoms with E-state index in [9.17, 15) is 0 Å². The first-order valence-electron chi connectivity index (χ1n) is 5.47. The molecule has 0 aromatic heterocycles. The molecule has 4 N–H and O–H groups in total. The molecule has 0 amide bonds. The maximum Gasteiger partial charge on any atom is 0.201 e. The van der Waals surface area contributed by atoms with Crippen LogP contribution in [-0.2, 0) is 4.74 Å². The molecule has 1 aromatic rings. The monoisotopic (exact) mass is 261 g/mol. The van der Waals surface area contributed by atoms with Crippen LogP contribution in [0.5, 0.6) is 5.75 Å². The molecule has 0 radical (unpaired) electrons. The normalized spacial score (nSPS) is 10.6. The lowest BCUT2D eigenvalue weighted by molar-refractivity contribution is 0.146. The third-order valence-electron chi connectivity index (χ3n) is 2.07. The molecule has 7 heteroatoms. The van der Waals surface area contributed by atoms with E-state index in [4.69, 9.17) is 25.9 Å². The molecule has 0 unspecified atom stereocenters. The average Bonchev–Trinajstić information content (AvgIpc) is 2.41.